The summed E-state index contributed by atoms with van der Waals surface area (Å²) in [7, 11) is 0. The van der Waals surface area contributed by atoms with Crippen LogP contribution in [0.2, 0.25) is 0 Å². The Balaban J connectivity index is 2.05. The van der Waals surface area contributed by atoms with Crippen LogP contribution in [0.15, 0.2) is 65.1 Å². The second-order valence-electron chi connectivity index (χ2n) is 5.05. The summed E-state index contributed by atoms with van der Waals surface area (Å²) < 4.78 is 3.46. The van der Waals surface area contributed by atoms with Crippen LogP contribution in [0.3, 0.4) is 0 Å². The molecule has 4 rings (SSSR count). The van der Waals surface area contributed by atoms with E-state index >= 15 is 0 Å². The number of halogens is 1. The van der Waals surface area contributed by atoms with Gasteiger partial charge in [0, 0.05) is 19.9 Å². The van der Waals surface area contributed by atoms with Crippen LogP contribution in [0.4, 0.5) is 5.69 Å². The lowest BCUT2D eigenvalue weighted by Gasteiger charge is -2.02. The van der Waals surface area contributed by atoms with E-state index in [2.05, 4.69) is 64.5 Å². The fourth-order valence-corrected chi connectivity index (χ4v) is 4.24. The van der Waals surface area contributed by atoms with Gasteiger partial charge >= 0.3 is 0 Å². The minimum atomic E-state index is 0.835. The highest BCUT2D eigenvalue weighted by atomic mass is 79.9. The number of thiophene rings is 1. The number of nitrogen functional groups attached to an aromatic ring is 1. The molecule has 0 unspecified atom stereocenters. The second-order valence-corrected chi connectivity index (χ2v) is 7.02. The van der Waals surface area contributed by atoms with Gasteiger partial charge in [-0.05, 0) is 35.4 Å². The molecule has 2 N–H and O–H groups in total. The minimum Gasteiger partial charge on any atom is -0.398 e. The monoisotopic (exact) mass is 353 g/mol. The summed E-state index contributed by atoms with van der Waals surface area (Å²) in [5.74, 6) is 0. The van der Waals surface area contributed by atoms with Crippen molar-refractivity contribution < 1.29 is 0 Å². The van der Waals surface area contributed by atoms with E-state index in [1.54, 1.807) is 11.3 Å². The van der Waals surface area contributed by atoms with Crippen LogP contribution >= 0.6 is 27.3 Å². The zero-order chi connectivity index (χ0) is 14.4. The molecule has 0 fully saturated rings. The molecule has 0 aliphatic rings. The lowest BCUT2D eigenvalue weighted by Crippen LogP contribution is -1.83. The van der Waals surface area contributed by atoms with Crippen molar-refractivity contribution in [1.82, 2.24) is 0 Å². The molecule has 0 saturated carbocycles. The molecule has 4 aromatic rings. The molecule has 1 aromatic heterocycles. The molecule has 0 spiro atoms. The molecular weight excluding hydrogens is 342 g/mol. The smallest absolute Gasteiger partial charge is 0.0585 e. The van der Waals surface area contributed by atoms with Crippen molar-refractivity contribution in [2.45, 2.75) is 0 Å². The highest BCUT2D eigenvalue weighted by Crippen LogP contribution is 2.40. The van der Waals surface area contributed by atoms with Gasteiger partial charge in [-0.25, -0.2) is 0 Å². The first kappa shape index (κ1) is 12.9. The first-order valence-corrected chi connectivity index (χ1v) is 8.30. The van der Waals surface area contributed by atoms with Crippen molar-refractivity contribution in [3.8, 4) is 11.1 Å². The number of rotatable bonds is 1. The molecule has 3 aromatic carbocycles. The van der Waals surface area contributed by atoms with Gasteiger partial charge in [-0.15, -0.1) is 11.3 Å². The van der Waals surface area contributed by atoms with Gasteiger partial charge < -0.3 is 5.73 Å². The number of hydrogen-bond acceptors (Lipinski definition) is 2. The molecule has 0 bridgehead atoms. The van der Waals surface area contributed by atoms with Crippen LogP contribution in [0.25, 0.3) is 31.3 Å². The Hall–Kier alpha value is -1.84. The van der Waals surface area contributed by atoms with Crippen LogP contribution in [0, 0.1) is 0 Å². The summed E-state index contributed by atoms with van der Waals surface area (Å²) in [4.78, 5) is 0. The van der Waals surface area contributed by atoms with E-state index < -0.39 is 0 Å². The van der Waals surface area contributed by atoms with E-state index in [4.69, 9.17) is 5.73 Å². The van der Waals surface area contributed by atoms with E-state index in [1.807, 2.05) is 12.1 Å². The molecule has 21 heavy (non-hydrogen) atoms. The molecule has 0 aliphatic heterocycles. The summed E-state index contributed by atoms with van der Waals surface area (Å²) in [6.45, 7) is 0. The summed E-state index contributed by atoms with van der Waals surface area (Å²) in [5, 5.41) is 2.49. The highest BCUT2D eigenvalue weighted by Gasteiger charge is 2.10. The van der Waals surface area contributed by atoms with E-state index in [1.165, 1.54) is 31.3 Å². The van der Waals surface area contributed by atoms with Gasteiger partial charge in [0.25, 0.3) is 0 Å². The van der Waals surface area contributed by atoms with Crippen LogP contribution in [0.1, 0.15) is 0 Å². The number of fused-ring (bicyclic) bond motifs is 3. The third-order valence-corrected chi connectivity index (χ3v) is 5.36. The van der Waals surface area contributed by atoms with Gasteiger partial charge in [0.15, 0.2) is 0 Å². The largest absolute Gasteiger partial charge is 0.398 e. The molecular formula is C18H12BrNS. The fraction of sp³-hybridized carbons (Fsp3) is 0. The number of nitrogens with two attached hydrogens (primary N) is 1. The van der Waals surface area contributed by atoms with Crippen molar-refractivity contribution in [3.63, 3.8) is 0 Å². The van der Waals surface area contributed by atoms with E-state index in [0.717, 1.165) is 10.2 Å². The molecule has 0 amide bonds. The van der Waals surface area contributed by atoms with Crippen molar-refractivity contribution in [2.24, 2.45) is 0 Å². The van der Waals surface area contributed by atoms with Gasteiger partial charge in [-0.3, -0.25) is 0 Å². The van der Waals surface area contributed by atoms with Crippen molar-refractivity contribution >= 4 is 53.1 Å². The summed E-state index contributed by atoms with van der Waals surface area (Å²) in [5.41, 5.74) is 9.46. The number of benzene rings is 3. The predicted octanol–water partition coefficient (Wildman–Crippen LogP) is 6.07. The van der Waals surface area contributed by atoms with E-state index in [9.17, 15) is 0 Å². The van der Waals surface area contributed by atoms with E-state index in [0.29, 0.717) is 0 Å². The van der Waals surface area contributed by atoms with Crippen LogP contribution in [-0.2, 0) is 0 Å². The Bertz CT molecular complexity index is 957. The molecule has 1 heterocycles. The quantitative estimate of drug-likeness (QED) is 0.413. The average molecular weight is 354 g/mol. The third kappa shape index (κ3) is 2.13. The Morgan fingerprint density at radius 1 is 0.810 bits per heavy atom. The van der Waals surface area contributed by atoms with Gasteiger partial charge in [0.2, 0.25) is 0 Å². The van der Waals surface area contributed by atoms with Crippen molar-refractivity contribution in [2.75, 3.05) is 5.73 Å². The topological polar surface area (TPSA) is 26.0 Å². The maximum absolute atomic E-state index is 6.15. The average Bonchev–Trinajstić information content (AvgIpc) is 2.86. The molecule has 1 nitrogen and oxygen atoms in total. The second kappa shape index (κ2) is 4.86. The molecule has 3 heteroatoms. The summed E-state index contributed by atoms with van der Waals surface area (Å²) in [6.07, 6.45) is 0. The van der Waals surface area contributed by atoms with Crippen molar-refractivity contribution in [1.29, 1.82) is 0 Å². The normalized spacial score (nSPS) is 11.3. The Morgan fingerprint density at radius 2 is 1.62 bits per heavy atom. The minimum absolute atomic E-state index is 0.835. The van der Waals surface area contributed by atoms with Crippen LogP contribution in [0.5, 0.6) is 0 Å². The van der Waals surface area contributed by atoms with Gasteiger partial charge in [0.05, 0.1) is 10.4 Å². The molecule has 0 aliphatic carbocycles. The van der Waals surface area contributed by atoms with E-state index in [-0.39, 0.29) is 0 Å². The SMILES string of the molecule is Nc1cc(Br)cc2c1sc1ccc(-c3ccccc3)cc12. The Morgan fingerprint density at radius 3 is 2.43 bits per heavy atom. The lowest BCUT2D eigenvalue weighted by atomic mass is 10.0. The molecule has 0 radical (unpaired) electrons. The summed E-state index contributed by atoms with van der Waals surface area (Å²) in [6, 6.07) is 21.2. The van der Waals surface area contributed by atoms with Crippen LogP contribution in [-0.4, -0.2) is 0 Å². The Labute approximate surface area is 135 Å². The highest BCUT2D eigenvalue weighted by molar-refractivity contribution is 9.10. The first-order chi connectivity index (χ1) is 10.2. The fourth-order valence-electron chi connectivity index (χ4n) is 2.68. The molecule has 0 atom stereocenters. The lowest BCUT2D eigenvalue weighted by molar-refractivity contribution is 1.66. The zero-order valence-corrected chi connectivity index (χ0v) is 13.5. The molecule has 102 valence electrons. The predicted molar refractivity (Wildman–Crippen MR) is 96.9 cm³/mol. The zero-order valence-electron chi connectivity index (χ0n) is 11.1. The number of hydrogen-bond donors (Lipinski definition) is 1. The maximum atomic E-state index is 6.15. The molecule has 0 saturated heterocycles. The van der Waals surface area contributed by atoms with Crippen molar-refractivity contribution in [3.05, 3.63) is 65.1 Å². The number of anilines is 1. The standard InChI is InChI=1S/C18H12BrNS/c19-13-9-15-14-8-12(11-4-2-1-3-5-11)6-7-17(14)21-18(15)16(20)10-13/h1-10H,20H2. The Kier molecular flexibility index (Phi) is 2.98. The first-order valence-electron chi connectivity index (χ1n) is 6.69. The maximum Gasteiger partial charge on any atom is 0.0585 e. The third-order valence-electron chi connectivity index (χ3n) is 3.67. The van der Waals surface area contributed by atoms with Gasteiger partial charge in [-0.1, -0.05) is 52.3 Å². The van der Waals surface area contributed by atoms with Gasteiger partial charge in [-0.2, -0.15) is 0 Å². The summed E-state index contributed by atoms with van der Waals surface area (Å²) >= 11 is 5.30. The van der Waals surface area contributed by atoms with Gasteiger partial charge in [0.1, 0.15) is 0 Å². The van der Waals surface area contributed by atoms with Crippen LogP contribution < -0.4 is 5.73 Å².